The third-order valence-corrected chi connectivity index (χ3v) is 5.64. The standard InChI is InChI=1S/C18H23ClN2O3/c1-3-24-14-9-11(8-13(19)16(14)22)10-20-21-17(23)15-12-6-4-5-7-18(12,15)2/h8-10,12,15,22H,3-7H2,1-2H3,(H,21,23)/b20-10-/t12-,15+,18+/m1/s1. The summed E-state index contributed by atoms with van der Waals surface area (Å²) in [5.74, 6) is 0.803. The van der Waals surface area contributed by atoms with Crippen LogP contribution in [-0.2, 0) is 4.79 Å². The topological polar surface area (TPSA) is 70.9 Å². The zero-order valence-corrected chi connectivity index (χ0v) is 14.8. The molecule has 2 aliphatic rings. The van der Waals surface area contributed by atoms with Crippen LogP contribution < -0.4 is 10.2 Å². The van der Waals surface area contributed by atoms with E-state index >= 15 is 0 Å². The predicted molar refractivity (Wildman–Crippen MR) is 93.6 cm³/mol. The van der Waals surface area contributed by atoms with Crippen molar-refractivity contribution in [1.82, 2.24) is 5.43 Å². The second-order valence-corrected chi connectivity index (χ2v) is 7.26. The first-order chi connectivity index (χ1) is 11.5. The molecule has 0 saturated heterocycles. The van der Waals surface area contributed by atoms with Crippen molar-refractivity contribution in [1.29, 1.82) is 0 Å². The number of phenolic OH excluding ortho intramolecular Hbond substituents is 1. The van der Waals surface area contributed by atoms with Gasteiger partial charge in [-0.2, -0.15) is 5.10 Å². The van der Waals surface area contributed by atoms with E-state index in [1.54, 1.807) is 12.1 Å². The fourth-order valence-electron chi connectivity index (χ4n) is 4.02. The number of halogens is 1. The van der Waals surface area contributed by atoms with E-state index < -0.39 is 0 Å². The molecule has 6 heteroatoms. The number of amides is 1. The SMILES string of the molecule is CCOc1cc(/C=N\NC(=O)[C@@H]2[C@H]3CCCC[C@@]32C)cc(Cl)c1O. The summed E-state index contributed by atoms with van der Waals surface area (Å²) in [6.07, 6.45) is 6.22. The number of phenols is 1. The molecule has 0 unspecified atom stereocenters. The van der Waals surface area contributed by atoms with Gasteiger partial charge in [-0.15, -0.1) is 0 Å². The number of ether oxygens (including phenoxy) is 1. The fraction of sp³-hybridized carbons (Fsp3) is 0.556. The summed E-state index contributed by atoms with van der Waals surface area (Å²) in [6.45, 7) is 4.45. The van der Waals surface area contributed by atoms with E-state index in [-0.39, 0.29) is 28.0 Å². The monoisotopic (exact) mass is 350 g/mol. The number of hydrogen-bond acceptors (Lipinski definition) is 4. The Kier molecular flexibility index (Phi) is 4.72. The Morgan fingerprint density at radius 3 is 3.00 bits per heavy atom. The number of nitrogens with zero attached hydrogens (tertiary/aromatic N) is 1. The molecule has 24 heavy (non-hydrogen) atoms. The minimum atomic E-state index is -0.0883. The van der Waals surface area contributed by atoms with Crippen LogP contribution in [0.5, 0.6) is 11.5 Å². The number of aromatic hydroxyl groups is 1. The molecule has 0 radical (unpaired) electrons. The van der Waals surface area contributed by atoms with Crippen LogP contribution in [-0.4, -0.2) is 23.8 Å². The van der Waals surface area contributed by atoms with Gasteiger partial charge in [0.25, 0.3) is 0 Å². The Labute approximate surface area is 147 Å². The van der Waals surface area contributed by atoms with Gasteiger partial charge in [0, 0.05) is 5.92 Å². The van der Waals surface area contributed by atoms with Crippen LogP contribution in [0, 0.1) is 17.3 Å². The van der Waals surface area contributed by atoms with Gasteiger partial charge < -0.3 is 9.84 Å². The number of benzene rings is 1. The van der Waals surface area contributed by atoms with Crippen molar-refractivity contribution in [3.05, 3.63) is 22.7 Å². The van der Waals surface area contributed by atoms with Crippen LogP contribution in [0.15, 0.2) is 17.2 Å². The zero-order valence-electron chi connectivity index (χ0n) is 14.0. The molecule has 2 saturated carbocycles. The number of carbonyl (C=O) groups is 1. The highest BCUT2D eigenvalue weighted by Crippen LogP contribution is 2.66. The average Bonchev–Trinajstić information content (AvgIpc) is 3.18. The van der Waals surface area contributed by atoms with Gasteiger partial charge in [0.15, 0.2) is 11.5 Å². The van der Waals surface area contributed by atoms with Gasteiger partial charge in [0.05, 0.1) is 17.8 Å². The molecule has 2 aliphatic carbocycles. The minimum absolute atomic E-state index is 0.00411. The second-order valence-electron chi connectivity index (χ2n) is 6.85. The van der Waals surface area contributed by atoms with Gasteiger partial charge in [0.2, 0.25) is 5.91 Å². The molecule has 2 fully saturated rings. The Balaban J connectivity index is 1.63. The lowest BCUT2D eigenvalue weighted by atomic mass is 9.90. The van der Waals surface area contributed by atoms with E-state index in [4.69, 9.17) is 16.3 Å². The van der Waals surface area contributed by atoms with Crippen LogP contribution in [0.25, 0.3) is 0 Å². The quantitative estimate of drug-likeness (QED) is 0.628. The van der Waals surface area contributed by atoms with Crippen LogP contribution in [0.2, 0.25) is 5.02 Å². The van der Waals surface area contributed by atoms with Crippen molar-refractivity contribution in [2.75, 3.05) is 6.61 Å². The molecule has 0 heterocycles. The molecular formula is C18H23ClN2O3. The summed E-state index contributed by atoms with van der Waals surface area (Å²) in [7, 11) is 0. The molecule has 1 aromatic carbocycles. The third kappa shape index (κ3) is 3.09. The third-order valence-electron chi connectivity index (χ3n) is 5.35. The van der Waals surface area contributed by atoms with E-state index in [0.29, 0.717) is 23.8 Å². The van der Waals surface area contributed by atoms with Crippen LogP contribution >= 0.6 is 11.6 Å². The Bertz CT molecular complexity index is 676. The average molecular weight is 351 g/mol. The maximum absolute atomic E-state index is 12.3. The second kappa shape index (κ2) is 6.63. The van der Waals surface area contributed by atoms with Gasteiger partial charge in [-0.25, -0.2) is 5.43 Å². The van der Waals surface area contributed by atoms with E-state index in [9.17, 15) is 9.90 Å². The van der Waals surface area contributed by atoms with Gasteiger partial charge in [-0.05, 0) is 48.8 Å². The molecule has 130 valence electrons. The summed E-state index contributed by atoms with van der Waals surface area (Å²) < 4.78 is 5.33. The Hall–Kier alpha value is -1.75. The van der Waals surface area contributed by atoms with Gasteiger partial charge >= 0.3 is 0 Å². The maximum Gasteiger partial charge on any atom is 0.244 e. The van der Waals surface area contributed by atoms with E-state index in [1.807, 2.05) is 6.92 Å². The summed E-state index contributed by atoms with van der Waals surface area (Å²) >= 11 is 5.98. The molecule has 0 aliphatic heterocycles. The van der Waals surface area contributed by atoms with Gasteiger partial charge in [-0.3, -0.25) is 4.79 Å². The molecule has 3 atom stereocenters. The predicted octanol–water partition coefficient (Wildman–Crippen LogP) is 3.72. The minimum Gasteiger partial charge on any atom is -0.503 e. The van der Waals surface area contributed by atoms with Crippen LogP contribution in [0.1, 0.15) is 45.1 Å². The molecule has 2 N–H and O–H groups in total. The number of nitrogens with one attached hydrogen (secondary N) is 1. The number of hydrogen-bond donors (Lipinski definition) is 2. The van der Waals surface area contributed by atoms with Crippen molar-refractivity contribution in [2.45, 2.75) is 39.5 Å². The summed E-state index contributed by atoms with van der Waals surface area (Å²) in [6, 6.07) is 3.21. The van der Waals surface area contributed by atoms with Crippen molar-refractivity contribution < 1.29 is 14.6 Å². The number of carbonyl (C=O) groups excluding carboxylic acids is 1. The highest BCUT2D eigenvalue weighted by atomic mass is 35.5. The zero-order chi connectivity index (χ0) is 17.3. The lowest BCUT2D eigenvalue weighted by Gasteiger charge is -2.15. The first-order valence-electron chi connectivity index (χ1n) is 8.45. The summed E-state index contributed by atoms with van der Waals surface area (Å²) in [5.41, 5.74) is 3.47. The van der Waals surface area contributed by atoms with Gasteiger partial charge in [0.1, 0.15) is 0 Å². The largest absolute Gasteiger partial charge is 0.503 e. The molecule has 0 bridgehead atoms. The molecule has 1 amide bonds. The fourth-order valence-corrected chi connectivity index (χ4v) is 4.24. The normalized spacial score (nSPS) is 28.5. The molecule has 5 nitrogen and oxygen atoms in total. The number of rotatable bonds is 5. The van der Waals surface area contributed by atoms with Crippen molar-refractivity contribution >= 4 is 23.7 Å². The van der Waals surface area contributed by atoms with E-state index in [2.05, 4.69) is 17.5 Å². The molecule has 0 aromatic heterocycles. The molecular weight excluding hydrogens is 328 g/mol. The van der Waals surface area contributed by atoms with Crippen molar-refractivity contribution in [3.63, 3.8) is 0 Å². The van der Waals surface area contributed by atoms with E-state index in [1.165, 1.54) is 19.1 Å². The maximum atomic E-state index is 12.3. The Morgan fingerprint density at radius 1 is 1.54 bits per heavy atom. The van der Waals surface area contributed by atoms with Crippen LogP contribution in [0.3, 0.4) is 0 Å². The van der Waals surface area contributed by atoms with Crippen molar-refractivity contribution in [2.24, 2.45) is 22.4 Å². The van der Waals surface area contributed by atoms with Crippen LogP contribution in [0.4, 0.5) is 0 Å². The first kappa shape index (κ1) is 17.1. The summed E-state index contributed by atoms with van der Waals surface area (Å²) in [4.78, 5) is 12.3. The first-order valence-corrected chi connectivity index (χ1v) is 8.83. The summed E-state index contributed by atoms with van der Waals surface area (Å²) in [5, 5.41) is 14.1. The molecule has 0 spiro atoms. The van der Waals surface area contributed by atoms with Gasteiger partial charge in [-0.1, -0.05) is 31.4 Å². The molecule has 3 rings (SSSR count). The van der Waals surface area contributed by atoms with Crippen molar-refractivity contribution in [3.8, 4) is 11.5 Å². The highest BCUT2D eigenvalue weighted by Gasteiger charge is 2.64. The number of fused-ring (bicyclic) bond motifs is 1. The highest BCUT2D eigenvalue weighted by molar-refractivity contribution is 6.32. The Morgan fingerprint density at radius 2 is 2.33 bits per heavy atom. The smallest absolute Gasteiger partial charge is 0.244 e. The van der Waals surface area contributed by atoms with E-state index in [0.717, 1.165) is 12.8 Å². The molecule has 1 aromatic rings. The lowest BCUT2D eigenvalue weighted by molar-refractivity contribution is -0.123. The number of hydrazone groups is 1. The lowest BCUT2D eigenvalue weighted by Crippen LogP contribution is -2.22.